The minimum absolute atomic E-state index is 0.203. The zero-order valence-corrected chi connectivity index (χ0v) is 18.0. The summed E-state index contributed by atoms with van der Waals surface area (Å²) in [5.74, 6) is 0.203. The Morgan fingerprint density at radius 3 is 1.83 bits per heavy atom. The van der Waals surface area contributed by atoms with E-state index in [1.165, 1.54) is 0 Å². The monoisotopic (exact) mass is 485 g/mol. The fraction of sp³-hybridized carbons (Fsp3) is 0.278. The molecule has 1 heterocycles. The van der Waals surface area contributed by atoms with Crippen molar-refractivity contribution in [3.63, 3.8) is 0 Å². The van der Waals surface area contributed by atoms with Crippen LogP contribution in [-0.2, 0) is 4.79 Å². The van der Waals surface area contributed by atoms with Crippen molar-refractivity contribution >= 4 is 61.3 Å². The lowest BCUT2D eigenvalue weighted by Crippen LogP contribution is -2.47. The van der Waals surface area contributed by atoms with Crippen molar-refractivity contribution in [1.29, 1.82) is 0 Å². The van der Waals surface area contributed by atoms with E-state index < -0.39 is 4.08 Å². The van der Waals surface area contributed by atoms with Crippen LogP contribution in [0, 0.1) is 0 Å². The molecule has 0 atom stereocenters. The molecule has 0 bridgehead atoms. The maximum atomic E-state index is 13.1. The zero-order chi connectivity index (χ0) is 17.2. The van der Waals surface area contributed by atoms with Crippen LogP contribution < -0.4 is 0 Å². The standard InChI is InChI=1S/C18H17Br2NOS2/c1-21-12-2-11-18(17(21)22,23-15-7-3-13(19)4-8-15)24-16-9-5-14(20)6-10-16/h3-10H,2,11-12H2,1H3. The van der Waals surface area contributed by atoms with E-state index in [4.69, 9.17) is 0 Å². The summed E-state index contributed by atoms with van der Waals surface area (Å²) in [6.07, 6.45) is 1.90. The van der Waals surface area contributed by atoms with Crippen molar-refractivity contribution < 1.29 is 4.79 Å². The molecule has 3 rings (SSSR count). The maximum Gasteiger partial charge on any atom is 0.249 e. The fourth-order valence-electron chi connectivity index (χ4n) is 2.64. The molecule has 24 heavy (non-hydrogen) atoms. The molecule has 0 aromatic heterocycles. The maximum absolute atomic E-state index is 13.1. The Bertz CT molecular complexity index is 671. The lowest BCUT2D eigenvalue weighted by atomic mass is 10.1. The summed E-state index contributed by atoms with van der Waals surface area (Å²) in [5, 5.41) is 0. The fourth-order valence-corrected chi connectivity index (χ4v) is 6.20. The number of piperidine rings is 1. The average Bonchev–Trinajstić information content (AvgIpc) is 2.57. The topological polar surface area (TPSA) is 20.3 Å². The quantitative estimate of drug-likeness (QED) is 0.491. The van der Waals surface area contributed by atoms with Gasteiger partial charge in [0, 0.05) is 32.3 Å². The van der Waals surface area contributed by atoms with Gasteiger partial charge in [0.05, 0.1) is 0 Å². The molecule has 0 radical (unpaired) electrons. The molecule has 0 aliphatic carbocycles. The molecule has 0 saturated carbocycles. The van der Waals surface area contributed by atoms with Crippen LogP contribution in [0.3, 0.4) is 0 Å². The molecule has 6 heteroatoms. The van der Waals surface area contributed by atoms with Gasteiger partial charge >= 0.3 is 0 Å². The summed E-state index contributed by atoms with van der Waals surface area (Å²) in [7, 11) is 1.90. The summed E-state index contributed by atoms with van der Waals surface area (Å²) in [6, 6.07) is 16.4. The van der Waals surface area contributed by atoms with Crippen LogP contribution in [-0.4, -0.2) is 28.5 Å². The Labute approximate surface area is 168 Å². The lowest BCUT2D eigenvalue weighted by Gasteiger charge is -2.39. The van der Waals surface area contributed by atoms with E-state index in [2.05, 4.69) is 56.1 Å². The molecule has 0 unspecified atom stereocenters. The van der Waals surface area contributed by atoms with E-state index in [9.17, 15) is 4.79 Å². The predicted molar refractivity (Wildman–Crippen MR) is 110 cm³/mol. The minimum Gasteiger partial charge on any atom is -0.344 e. The third-order valence-electron chi connectivity index (χ3n) is 3.86. The zero-order valence-electron chi connectivity index (χ0n) is 13.2. The first-order valence-corrected chi connectivity index (χ1v) is 10.9. The Kier molecular flexibility index (Phi) is 6.01. The summed E-state index contributed by atoms with van der Waals surface area (Å²) >= 11 is 10.3. The minimum atomic E-state index is -0.505. The van der Waals surface area contributed by atoms with E-state index in [1.54, 1.807) is 23.5 Å². The molecule has 0 spiro atoms. The number of halogens is 2. The molecule has 0 N–H and O–H groups in total. The first-order valence-electron chi connectivity index (χ1n) is 7.63. The number of amides is 1. The highest BCUT2D eigenvalue weighted by Crippen LogP contribution is 2.51. The lowest BCUT2D eigenvalue weighted by molar-refractivity contribution is -0.132. The SMILES string of the molecule is CN1CCCC(Sc2ccc(Br)cc2)(Sc2ccc(Br)cc2)C1=O. The highest BCUT2D eigenvalue weighted by molar-refractivity contribution is 9.10. The Balaban J connectivity index is 1.92. The average molecular weight is 487 g/mol. The van der Waals surface area contributed by atoms with Gasteiger partial charge in [0.2, 0.25) is 5.91 Å². The Hall–Kier alpha value is -0.430. The molecule has 2 aromatic rings. The van der Waals surface area contributed by atoms with Gasteiger partial charge in [0.25, 0.3) is 0 Å². The van der Waals surface area contributed by atoms with Crippen LogP contribution in [0.5, 0.6) is 0 Å². The van der Waals surface area contributed by atoms with Crippen LogP contribution in [0.15, 0.2) is 67.3 Å². The van der Waals surface area contributed by atoms with Crippen LogP contribution in [0.4, 0.5) is 0 Å². The third kappa shape index (κ3) is 4.21. The molecule has 1 amide bonds. The number of thioether (sulfide) groups is 2. The highest BCUT2D eigenvalue weighted by Gasteiger charge is 2.44. The van der Waals surface area contributed by atoms with Gasteiger partial charge in [-0.3, -0.25) is 4.79 Å². The van der Waals surface area contributed by atoms with E-state index >= 15 is 0 Å². The van der Waals surface area contributed by atoms with E-state index in [0.717, 1.165) is 38.1 Å². The molecule has 2 nitrogen and oxygen atoms in total. The van der Waals surface area contributed by atoms with E-state index in [1.807, 2.05) is 36.2 Å². The van der Waals surface area contributed by atoms with E-state index in [-0.39, 0.29) is 5.91 Å². The number of rotatable bonds is 4. The summed E-state index contributed by atoms with van der Waals surface area (Å²) in [4.78, 5) is 17.2. The smallest absolute Gasteiger partial charge is 0.249 e. The van der Waals surface area contributed by atoms with Crippen LogP contribution >= 0.6 is 55.4 Å². The van der Waals surface area contributed by atoms with Gasteiger partial charge in [-0.25, -0.2) is 0 Å². The number of hydrogen-bond acceptors (Lipinski definition) is 3. The van der Waals surface area contributed by atoms with Crippen LogP contribution in [0.2, 0.25) is 0 Å². The van der Waals surface area contributed by atoms with Crippen molar-refractivity contribution in [2.24, 2.45) is 0 Å². The van der Waals surface area contributed by atoms with Crippen molar-refractivity contribution in [2.45, 2.75) is 26.7 Å². The van der Waals surface area contributed by atoms with Gasteiger partial charge < -0.3 is 4.90 Å². The third-order valence-corrected chi connectivity index (χ3v) is 7.85. The highest BCUT2D eigenvalue weighted by atomic mass is 79.9. The predicted octanol–water partition coefficient (Wildman–Crippen LogP) is 6.04. The molecule has 126 valence electrons. The number of hydrogen-bond donors (Lipinski definition) is 0. The van der Waals surface area contributed by atoms with Crippen molar-refractivity contribution in [3.8, 4) is 0 Å². The summed E-state index contributed by atoms with van der Waals surface area (Å²) < 4.78 is 1.59. The molecular weight excluding hydrogens is 470 g/mol. The normalized spacial score (nSPS) is 17.1. The van der Waals surface area contributed by atoms with Gasteiger partial charge in [-0.1, -0.05) is 55.4 Å². The molecule has 1 saturated heterocycles. The first-order chi connectivity index (χ1) is 11.5. The largest absolute Gasteiger partial charge is 0.344 e. The molecule has 1 aliphatic heterocycles. The number of likely N-dealkylation sites (tertiary alicyclic amines) is 1. The number of carbonyl (C=O) groups excluding carboxylic acids is 1. The summed E-state index contributed by atoms with van der Waals surface area (Å²) in [5.41, 5.74) is 0. The van der Waals surface area contributed by atoms with Gasteiger partial charge in [0.15, 0.2) is 0 Å². The molecule has 1 aliphatic rings. The van der Waals surface area contributed by atoms with Gasteiger partial charge in [-0.05, 0) is 61.4 Å². The summed E-state index contributed by atoms with van der Waals surface area (Å²) in [6.45, 7) is 0.836. The second-order valence-electron chi connectivity index (χ2n) is 5.70. The van der Waals surface area contributed by atoms with Crippen molar-refractivity contribution in [3.05, 3.63) is 57.5 Å². The second kappa shape index (κ2) is 7.85. The first kappa shape index (κ1) is 18.4. The van der Waals surface area contributed by atoms with Crippen molar-refractivity contribution in [1.82, 2.24) is 4.90 Å². The Morgan fingerprint density at radius 1 is 0.917 bits per heavy atom. The van der Waals surface area contributed by atoms with Gasteiger partial charge in [0.1, 0.15) is 4.08 Å². The van der Waals surface area contributed by atoms with Gasteiger partial charge in [-0.15, -0.1) is 0 Å². The molecule has 1 fully saturated rings. The molecule has 2 aromatic carbocycles. The Morgan fingerprint density at radius 2 is 1.38 bits per heavy atom. The number of nitrogens with zero attached hydrogens (tertiary/aromatic N) is 1. The van der Waals surface area contributed by atoms with Crippen LogP contribution in [0.25, 0.3) is 0 Å². The van der Waals surface area contributed by atoms with Crippen LogP contribution in [0.1, 0.15) is 12.8 Å². The second-order valence-corrected chi connectivity index (χ2v) is 10.5. The van der Waals surface area contributed by atoms with Gasteiger partial charge in [-0.2, -0.15) is 0 Å². The van der Waals surface area contributed by atoms with Crippen molar-refractivity contribution in [2.75, 3.05) is 13.6 Å². The van der Waals surface area contributed by atoms with E-state index in [0.29, 0.717) is 0 Å². The molecular formula is C18H17Br2NOS2. The number of benzene rings is 2. The number of carbonyl (C=O) groups is 1.